The molecule has 41 heavy (non-hydrogen) atoms. The number of hydrogen-bond donors (Lipinski definition) is 3. The molecular weight excluding hydrogens is 575 g/mol. The molecule has 12 heteroatoms. The average Bonchev–Trinajstić information content (AvgIpc) is 2.91. The van der Waals surface area contributed by atoms with Gasteiger partial charge in [0.05, 0.1) is 28.1 Å². The Labute approximate surface area is 240 Å². The summed E-state index contributed by atoms with van der Waals surface area (Å²) in [6.45, 7) is 3.36. The molecule has 4 rings (SSSR count). The minimum absolute atomic E-state index is 0.0213. The Morgan fingerprint density at radius 3 is 2.39 bits per heavy atom. The first-order chi connectivity index (χ1) is 19.3. The number of sulfonamides is 1. The van der Waals surface area contributed by atoms with Crippen LogP contribution in [0.2, 0.25) is 5.02 Å². The third-order valence-corrected chi connectivity index (χ3v) is 8.04. The lowest BCUT2D eigenvalue weighted by Crippen LogP contribution is -2.25. The SMILES string of the molecule is CC(C)[C@@H](CO)n1cc(C(=O)O)c(=O)c2cc(Cc3cccc(Cl)c3F)c(OCc3ccc(S(N)(=O)=O)cc3)cc21. The quantitative estimate of drug-likeness (QED) is 0.242. The van der Waals surface area contributed by atoms with E-state index in [-0.39, 0.29) is 52.2 Å². The summed E-state index contributed by atoms with van der Waals surface area (Å²) in [7, 11) is -3.88. The Morgan fingerprint density at radius 1 is 1.12 bits per heavy atom. The monoisotopic (exact) mass is 602 g/mol. The highest BCUT2D eigenvalue weighted by Crippen LogP contribution is 2.32. The molecule has 0 fully saturated rings. The topological polar surface area (TPSA) is 149 Å². The van der Waals surface area contributed by atoms with Gasteiger partial charge in [-0.2, -0.15) is 0 Å². The lowest BCUT2D eigenvalue weighted by molar-refractivity contribution is 0.0694. The third kappa shape index (κ3) is 6.43. The molecule has 0 aliphatic heterocycles. The molecule has 0 aliphatic rings. The number of fused-ring (bicyclic) bond motifs is 1. The molecule has 0 saturated carbocycles. The first kappa shape index (κ1) is 30.2. The summed E-state index contributed by atoms with van der Waals surface area (Å²) < 4.78 is 45.7. The van der Waals surface area contributed by atoms with E-state index in [0.717, 1.165) is 0 Å². The van der Waals surface area contributed by atoms with Crippen LogP contribution in [0.4, 0.5) is 4.39 Å². The lowest BCUT2D eigenvalue weighted by Gasteiger charge is -2.25. The van der Waals surface area contributed by atoms with Crippen LogP contribution in [0.5, 0.6) is 5.75 Å². The van der Waals surface area contributed by atoms with Crippen LogP contribution in [-0.2, 0) is 23.1 Å². The van der Waals surface area contributed by atoms with E-state index in [9.17, 15) is 32.6 Å². The van der Waals surface area contributed by atoms with E-state index >= 15 is 0 Å². The number of pyridine rings is 1. The summed E-state index contributed by atoms with van der Waals surface area (Å²) in [5.41, 5.74) is 0.330. The smallest absolute Gasteiger partial charge is 0.341 e. The molecule has 9 nitrogen and oxygen atoms in total. The van der Waals surface area contributed by atoms with Gasteiger partial charge in [0.1, 0.15) is 23.7 Å². The number of nitrogens with zero attached hydrogens (tertiary/aromatic N) is 1. The molecule has 0 unspecified atom stereocenters. The van der Waals surface area contributed by atoms with E-state index in [1.807, 2.05) is 13.8 Å². The van der Waals surface area contributed by atoms with Crippen molar-refractivity contribution in [1.82, 2.24) is 4.57 Å². The Kier molecular flexibility index (Phi) is 8.83. The fourth-order valence-electron chi connectivity index (χ4n) is 4.57. The molecule has 4 N–H and O–H groups in total. The standard InChI is InChI=1S/C29H28ClFN2O7S/c1-16(2)25(14-34)33-13-22(29(36)37)28(35)21-11-19(10-18-4-3-5-23(30)27(18)31)26(12-24(21)33)40-15-17-6-8-20(9-7-17)41(32,38)39/h3-9,11-13,16,25,34H,10,14-15H2,1-2H3,(H,36,37)(H2,32,38,39)/t25-/m1/s1. The van der Waals surface area contributed by atoms with Crippen LogP contribution in [0.1, 0.15) is 46.9 Å². The second-order valence-corrected chi connectivity index (χ2v) is 11.9. The zero-order valence-corrected chi connectivity index (χ0v) is 23.7. The van der Waals surface area contributed by atoms with E-state index < -0.39 is 38.8 Å². The summed E-state index contributed by atoms with van der Waals surface area (Å²) in [5, 5.41) is 25.0. The number of carboxylic acids is 1. The van der Waals surface area contributed by atoms with Crippen LogP contribution in [0.3, 0.4) is 0 Å². The highest BCUT2D eigenvalue weighted by Gasteiger charge is 2.23. The number of carboxylic acid groups (broad SMARTS) is 1. The number of aliphatic hydroxyl groups is 1. The number of ether oxygens (including phenoxy) is 1. The molecule has 1 atom stereocenters. The van der Waals surface area contributed by atoms with Crippen molar-refractivity contribution in [3.8, 4) is 5.75 Å². The highest BCUT2D eigenvalue weighted by molar-refractivity contribution is 7.89. The van der Waals surface area contributed by atoms with Gasteiger partial charge in [0, 0.05) is 24.1 Å². The third-order valence-electron chi connectivity index (χ3n) is 6.82. The van der Waals surface area contributed by atoms with Crippen LogP contribution in [-0.4, -0.2) is 35.8 Å². The van der Waals surface area contributed by atoms with Gasteiger partial charge in [-0.1, -0.05) is 49.7 Å². The maximum absolute atomic E-state index is 14.9. The molecule has 0 amide bonds. The lowest BCUT2D eigenvalue weighted by atomic mass is 9.98. The van der Waals surface area contributed by atoms with Crippen molar-refractivity contribution >= 4 is 38.5 Å². The summed E-state index contributed by atoms with van der Waals surface area (Å²) in [4.78, 5) is 25.2. The molecule has 1 aromatic heterocycles. The van der Waals surface area contributed by atoms with Crippen molar-refractivity contribution in [2.24, 2.45) is 11.1 Å². The minimum atomic E-state index is -3.88. The van der Waals surface area contributed by atoms with E-state index in [1.165, 1.54) is 48.7 Å². The van der Waals surface area contributed by atoms with Gasteiger partial charge in [-0.3, -0.25) is 4.79 Å². The first-order valence-corrected chi connectivity index (χ1v) is 14.5. The molecule has 4 aromatic rings. The number of benzene rings is 3. The number of aliphatic hydroxyl groups excluding tert-OH is 1. The van der Waals surface area contributed by atoms with E-state index in [2.05, 4.69) is 0 Å². The number of primary sulfonamides is 1. The highest BCUT2D eigenvalue weighted by atomic mass is 35.5. The van der Waals surface area contributed by atoms with Gasteiger partial charge < -0.3 is 19.5 Å². The number of hydrogen-bond acceptors (Lipinski definition) is 6. The molecule has 3 aromatic carbocycles. The maximum atomic E-state index is 14.9. The van der Waals surface area contributed by atoms with Crippen molar-refractivity contribution < 1.29 is 32.6 Å². The summed E-state index contributed by atoms with van der Waals surface area (Å²) in [5.74, 6) is -1.93. The summed E-state index contributed by atoms with van der Waals surface area (Å²) in [6.07, 6.45) is 1.17. The number of aromatic carboxylic acids is 1. The second kappa shape index (κ2) is 12.0. The molecule has 216 valence electrons. The summed E-state index contributed by atoms with van der Waals surface area (Å²) >= 11 is 5.98. The van der Waals surface area contributed by atoms with Gasteiger partial charge in [-0.05, 0) is 46.9 Å². The molecule has 0 aliphatic carbocycles. The van der Waals surface area contributed by atoms with Crippen LogP contribution in [0.15, 0.2) is 70.5 Å². The zero-order valence-electron chi connectivity index (χ0n) is 22.2. The van der Waals surface area contributed by atoms with Crippen molar-refractivity contribution in [2.75, 3.05) is 6.61 Å². The second-order valence-electron chi connectivity index (χ2n) is 9.92. The molecule has 0 saturated heterocycles. The predicted octanol–water partition coefficient (Wildman–Crippen LogP) is 4.50. The van der Waals surface area contributed by atoms with Crippen LogP contribution in [0.25, 0.3) is 10.9 Å². The van der Waals surface area contributed by atoms with Crippen molar-refractivity contribution in [3.05, 3.63) is 104 Å². The number of rotatable bonds is 10. The van der Waals surface area contributed by atoms with Crippen LogP contribution >= 0.6 is 11.6 Å². The Morgan fingerprint density at radius 2 is 1.80 bits per heavy atom. The molecular formula is C29H28ClFN2O7S. The van der Waals surface area contributed by atoms with E-state index in [4.69, 9.17) is 21.5 Å². The number of carbonyl (C=O) groups is 1. The summed E-state index contributed by atoms with van der Waals surface area (Å²) in [6, 6.07) is 12.7. The number of halogens is 2. The molecule has 0 spiro atoms. The number of nitrogens with two attached hydrogens (primary N) is 1. The predicted molar refractivity (Wildman–Crippen MR) is 152 cm³/mol. The van der Waals surface area contributed by atoms with Crippen molar-refractivity contribution in [1.29, 1.82) is 0 Å². The number of aromatic nitrogens is 1. The Hall–Kier alpha value is -3.77. The van der Waals surface area contributed by atoms with Gasteiger partial charge in [0.25, 0.3) is 0 Å². The van der Waals surface area contributed by atoms with Gasteiger partial charge in [-0.15, -0.1) is 0 Å². The van der Waals surface area contributed by atoms with Gasteiger partial charge >= 0.3 is 5.97 Å². The van der Waals surface area contributed by atoms with Crippen molar-refractivity contribution in [2.45, 2.75) is 37.8 Å². The minimum Gasteiger partial charge on any atom is -0.489 e. The van der Waals surface area contributed by atoms with Gasteiger partial charge in [0.15, 0.2) is 0 Å². The van der Waals surface area contributed by atoms with E-state index in [0.29, 0.717) is 16.6 Å². The average molecular weight is 603 g/mol. The Balaban J connectivity index is 1.91. The van der Waals surface area contributed by atoms with Gasteiger partial charge in [0.2, 0.25) is 15.5 Å². The molecule has 0 radical (unpaired) electrons. The van der Waals surface area contributed by atoms with Crippen LogP contribution < -0.4 is 15.3 Å². The van der Waals surface area contributed by atoms with E-state index in [1.54, 1.807) is 16.7 Å². The fraction of sp³-hybridized carbons (Fsp3) is 0.241. The normalized spacial score (nSPS) is 12.6. The van der Waals surface area contributed by atoms with Gasteiger partial charge in [-0.25, -0.2) is 22.7 Å². The molecule has 0 bridgehead atoms. The molecule has 1 heterocycles. The first-order valence-electron chi connectivity index (χ1n) is 12.5. The Bertz CT molecular complexity index is 1790. The fourth-order valence-corrected chi connectivity index (χ4v) is 5.28. The van der Waals surface area contributed by atoms with Crippen molar-refractivity contribution in [3.63, 3.8) is 0 Å². The largest absolute Gasteiger partial charge is 0.489 e. The zero-order chi connectivity index (χ0) is 30.1. The van der Waals surface area contributed by atoms with Crippen LogP contribution in [0, 0.1) is 11.7 Å². The maximum Gasteiger partial charge on any atom is 0.341 e.